The van der Waals surface area contributed by atoms with Crippen molar-refractivity contribution in [2.75, 3.05) is 20.2 Å². The second-order valence-electron chi connectivity index (χ2n) is 7.90. The molecular weight excluding hydrogens is 388 g/mol. The molecule has 3 rings (SSSR count). The van der Waals surface area contributed by atoms with Crippen molar-refractivity contribution in [1.82, 2.24) is 4.90 Å². The number of allylic oxidation sites excluding steroid dienone is 2. The molecule has 0 radical (unpaired) electrons. The maximum atomic E-state index is 13.6. The molecule has 8 nitrogen and oxygen atoms in total. The van der Waals surface area contributed by atoms with Crippen LogP contribution in [-0.4, -0.2) is 47.9 Å². The van der Waals surface area contributed by atoms with Gasteiger partial charge in [-0.1, -0.05) is 18.2 Å². The molecule has 0 N–H and O–H groups in total. The first-order valence-corrected chi connectivity index (χ1v) is 10.3. The normalized spacial score (nSPS) is 25.7. The van der Waals surface area contributed by atoms with Crippen molar-refractivity contribution < 1.29 is 23.7 Å². The predicted molar refractivity (Wildman–Crippen MR) is 109 cm³/mol. The lowest BCUT2D eigenvalue weighted by molar-refractivity contribution is -0.485. The lowest BCUT2D eigenvalue weighted by atomic mass is 9.70. The predicted octanol–water partition coefficient (Wildman–Crippen LogP) is 3.26. The average Bonchev–Trinajstić information content (AvgIpc) is 3.27. The van der Waals surface area contributed by atoms with Crippen LogP contribution in [-0.2, 0) is 20.7 Å². The van der Waals surface area contributed by atoms with Gasteiger partial charge in [0.25, 0.3) is 0 Å². The second-order valence-corrected chi connectivity index (χ2v) is 7.90. The summed E-state index contributed by atoms with van der Waals surface area (Å²) in [6.45, 7) is 3.64. The number of esters is 1. The van der Waals surface area contributed by atoms with Crippen molar-refractivity contribution >= 4 is 11.9 Å². The van der Waals surface area contributed by atoms with E-state index in [-0.39, 0.29) is 12.5 Å². The topological polar surface area (TPSA) is 103 Å². The zero-order valence-corrected chi connectivity index (χ0v) is 17.2. The first kappa shape index (κ1) is 21.8. The number of ether oxygens (including phenoxy) is 1. The van der Waals surface area contributed by atoms with E-state index in [1.807, 2.05) is 12.2 Å². The molecule has 1 fully saturated rings. The number of nitrogens with zero attached hydrogens (tertiary/aromatic N) is 2. The Balaban J connectivity index is 2.07. The number of hydrogen-bond donors (Lipinski definition) is 0. The minimum atomic E-state index is -1.65. The summed E-state index contributed by atoms with van der Waals surface area (Å²) in [7, 11) is 1.22. The number of fused-ring (bicyclic) bond motifs is 1. The summed E-state index contributed by atoms with van der Waals surface area (Å²) in [5.74, 6) is -1.47. The number of hydrogen-bond acceptors (Lipinski definition) is 6. The third kappa shape index (κ3) is 4.04. The quantitative estimate of drug-likeness (QED) is 0.212. The van der Waals surface area contributed by atoms with Gasteiger partial charge in [0.2, 0.25) is 12.5 Å². The van der Waals surface area contributed by atoms with Crippen molar-refractivity contribution in [3.8, 4) is 0 Å². The van der Waals surface area contributed by atoms with Crippen LogP contribution in [0.1, 0.15) is 49.3 Å². The maximum absolute atomic E-state index is 13.6. The molecule has 1 aromatic heterocycles. The molecule has 0 spiro atoms. The Morgan fingerprint density at radius 2 is 2.33 bits per heavy atom. The summed E-state index contributed by atoms with van der Waals surface area (Å²) in [4.78, 5) is 39.5. The number of carbonyl (C=O) groups is 2. The van der Waals surface area contributed by atoms with Crippen LogP contribution in [0.15, 0.2) is 41.6 Å². The number of rotatable bonds is 8. The molecule has 0 aromatic carbocycles. The van der Waals surface area contributed by atoms with Gasteiger partial charge in [-0.15, -0.1) is 6.58 Å². The minimum absolute atomic E-state index is 0.153. The van der Waals surface area contributed by atoms with Crippen molar-refractivity contribution in [2.45, 2.75) is 50.5 Å². The van der Waals surface area contributed by atoms with Gasteiger partial charge >= 0.3 is 5.97 Å². The van der Waals surface area contributed by atoms with Crippen molar-refractivity contribution in [2.24, 2.45) is 5.41 Å². The van der Waals surface area contributed by atoms with E-state index in [2.05, 4.69) is 6.58 Å². The van der Waals surface area contributed by atoms with Crippen LogP contribution in [0.3, 0.4) is 0 Å². The maximum Gasteiger partial charge on any atom is 0.322 e. The minimum Gasteiger partial charge on any atom is -0.469 e. The van der Waals surface area contributed by atoms with Crippen LogP contribution in [0.25, 0.3) is 0 Å². The number of aryl methyl sites for hydroxylation is 1. The van der Waals surface area contributed by atoms with E-state index >= 15 is 0 Å². The van der Waals surface area contributed by atoms with E-state index in [4.69, 9.17) is 9.15 Å². The van der Waals surface area contributed by atoms with Gasteiger partial charge < -0.3 is 14.1 Å². The standard InChI is InChI=1S/C22H28N2O6/c1-3-4-10-18-12-16(15-30-18)19(14-24(27)28)22(21(26)29-2)13-17-9-7-5-6-8-11-23(17)20(22)25/h3,7,9,12,15,17,19H,1,4-6,8,10-11,13-14H2,2H3/b9-7-/t17-,19-,22-/m0/s1. The molecule has 1 aromatic rings. The monoisotopic (exact) mass is 416 g/mol. The Morgan fingerprint density at radius 3 is 3.03 bits per heavy atom. The largest absolute Gasteiger partial charge is 0.469 e. The first-order chi connectivity index (χ1) is 14.4. The van der Waals surface area contributed by atoms with Gasteiger partial charge in [-0.05, 0) is 38.2 Å². The summed E-state index contributed by atoms with van der Waals surface area (Å²) in [5, 5.41) is 11.6. The highest BCUT2D eigenvalue weighted by Crippen LogP contribution is 2.49. The van der Waals surface area contributed by atoms with Crippen molar-refractivity contribution in [3.63, 3.8) is 0 Å². The smallest absolute Gasteiger partial charge is 0.322 e. The molecule has 8 heteroatoms. The van der Waals surface area contributed by atoms with Crippen molar-refractivity contribution in [1.29, 1.82) is 0 Å². The Hall–Kier alpha value is -2.90. The van der Waals surface area contributed by atoms with Crippen LogP contribution in [0, 0.1) is 15.5 Å². The SMILES string of the molecule is C=CCCc1cc([C@H](C[N+](=O)[O-])[C@@]2(C(=O)OC)C[C@@H]3/C=C\CCCCN3C2=O)co1. The molecule has 30 heavy (non-hydrogen) atoms. The van der Waals surface area contributed by atoms with Gasteiger partial charge in [0.1, 0.15) is 5.76 Å². The summed E-state index contributed by atoms with van der Waals surface area (Å²) < 4.78 is 10.6. The van der Waals surface area contributed by atoms with Crippen LogP contribution < -0.4 is 0 Å². The molecule has 3 atom stereocenters. The fourth-order valence-electron chi connectivity index (χ4n) is 4.61. The van der Waals surface area contributed by atoms with E-state index in [1.165, 1.54) is 13.4 Å². The fourth-order valence-corrected chi connectivity index (χ4v) is 4.61. The first-order valence-electron chi connectivity index (χ1n) is 10.3. The Morgan fingerprint density at radius 1 is 1.53 bits per heavy atom. The molecule has 0 saturated carbocycles. The van der Waals surface area contributed by atoms with Crippen LogP contribution in [0.2, 0.25) is 0 Å². The molecule has 0 bridgehead atoms. The van der Waals surface area contributed by atoms with Gasteiger partial charge in [0, 0.05) is 23.5 Å². The number of nitro groups is 1. The summed E-state index contributed by atoms with van der Waals surface area (Å²) in [6.07, 6.45) is 11.3. The molecule has 2 aliphatic rings. The number of methoxy groups -OCH3 is 1. The molecule has 1 saturated heterocycles. The van der Waals surface area contributed by atoms with Gasteiger partial charge in [-0.25, -0.2) is 0 Å². The molecule has 0 aliphatic carbocycles. The summed E-state index contributed by atoms with van der Waals surface area (Å²) >= 11 is 0. The number of amides is 1. The molecule has 2 aliphatic heterocycles. The molecular formula is C22H28N2O6. The zero-order valence-electron chi connectivity index (χ0n) is 17.2. The second kappa shape index (κ2) is 9.28. The third-order valence-corrected chi connectivity index (χ3v) is 6.10. The van der Waals surface area contributed by atoms with Crippen LogP contribution >= 0.6 is 0 Å². The van der Waals surface area contributed by atoms with Gasteiger partial charge in [0.15, 0.2) is 5.41 Å². The Kier molecular flexibility index (Phi) is 6.74. The molecule has 3 heterocycles. The number of carbonyl (C=O) groups excluding carboxylic acids is 2. The highest BCUT2D eigenvalue weighted by molar-refractivity contribution is 6.05. The van der Waals surface area contributed by atoms with E-state index in [0.29, 0.717) is 30.7 Å². The summed E-state index contributed by atoms with van der Waals surface area (Å²) in [6, 6.07) is 1.43. The van der Waals surface area contributed by atoms with Gasteiger partial charge in [-0.3, -0.25) is 19.7 Å². The fraction of sp³-hybridized carbons (Fsp3) is 0.545. The number of furan rings is 1. The van der Waals surface area contributed by atoms with E-state index in [1.54, 1.807) is 17.0 Å². The van der Waals surface area contributed by atoms with E-state index < -0.39 is 34.7 Å². The highest BCUT2D eigenvalue weighted by atomic mass is 16.6. The molecule has 1 amide bonds. The Bertz CT molecular complexity index is 844. The molecule has 0 unspecified atom stereocenters. The van der Waals surface area contributed by atoms with E-state index in [9.17, 15) is 19.7 Å². The van der Waals surface area contributed by atoms with Crippen LogP contribution in [0.5, 0.6) is 0 Å². The van der Waals surface area contributed by atoms with Crippen LogP contribution in [0.4, 0.5) is 0 Å². The highest BCUT2D eigenvalue weighted by Gasteiger charge is 2.63. The Labute approximate surface area is 175 Å². The zero-order chi connectivity index (χ0) is 21.7. The third-order valence-electron chi connectivity index (χ3n) is 6.10. The van der Waals surface area contributed by atoms with E-state index in [0.717, 1.165) is 19.3 Å². The van der Waals surface area contributed by atoms with Crippen molar-refractivity contribution in [3.05, 3.63) is 58.6 Å². The average molecular weight is 416 g/mol. The lowest BCUT2D eigenvalue weighted by Crippen LogP contribution is -2.47. The van der Waals surface area contributed by atoms with Gasteiger partial charge in [0.05, 0.1) is 25.3 Å². The molecule has 162 valence electrons. The van der Waals surface area contributed by atoms with Gasteiger partial charge in [-0.2, -0.15) is 0 Å². The lowest BCUT2D eigenvalue weighted by Gasteiger charge is -2.30. The summed E-state index contributed by atoms with van der Waals surface area (Å²) in [5.41, 5.74) is -1.18.